The Morgan fingerprint density at radius 2 is 1.26 bits per heavy atom. The van der Waals surface area contributed by atoms with Gasteiger partial charge in [0.05, 0.1) is 32.3 Å². The highest BCUT2D eigenvalue weighted by atomic mass is 16.7. The van der Waals surface area contributed by atoms with Gasteiger partial charge in [-0.05, 0) is 30.0 Å². The van der Waals surface area contributed by atoms with E-state index in [0.717, 1.165) is 16.7 Å². The van der Waals surface area contributed by atoms with E-state index in [0.29, 0.717) is 32.8 Å². The quantitative estimate of drug-likeness (QED) is 0.302. The molecule has 0 unspecified atom stereocenters. The molecule has 1 heterocycles. The molecule has 1 saturated heterocycles. The van der Waals surface area contributed by atoms with Gasteiger partial charge in [-0.1, -0.05) is 91.0 Å². The maximum Gasteiger partial charge on any atom is 0.312 e. The molecular formula is C32H36O7. The van der Waals surface area contributed by atoms with Crippen molar-refractivity contribution in [2.45, 2.75) is 63.4 Å². The number of ether oxygens (including phenoxy) is 6. The van der Waals surface area contributed by atoms with E-state index in [-0.39, 0.29) is 5.97 Å². The minimum absolute atomic E-state index is 0.297. The van der Waals surface area contributed by atoms with Gasteiger partial charge in [-0.3, -0.25) is 4.79 Å². The fourth-order valence-corrected chi connectivity index (χ4v) is 5.25. The average molecular weight is 533 g/mol. The van der Waals surface area contributed by atoms with Gasteiger partial charge < -0.3 is 28.4 Å². The number of hydrogen-bond acceptors (Lipinski definition) is 7. The van der Waals surface area contributed by atoms with Gasteiger partial charge in [-0.15, -0.1) is 0 Å². The van der Waals surface area contributed by atoms with E-state index < -0.39 is 36.1 Å². The molecule has 0 bridgehead atoms. The van der Waals surface area contributed by atoms with Gasteiger partial charge >= 0.3 is 5.97 Å². The molecule has 1 aliphatic heterocycles. The zero-order chi connectivity index (χ0) is 27.1. The molecule has 1 aliphatic carbocycles. The summed E-state index contributed by atoms with van der Waals surface area (Å²) in [5.41, 5.74) is 2.12. The topological polar surface area (TPSA) is 72.5 Å². The Balaban J connectivity index is 1.46. The SMILES string of the molecule is CCOC(=O)[C@@H]1C[C@@]12O[C@H](OC)[C@H](OCc1ccccc1)[C@@H](OCc1ccccc1)[C@@H]2OCc1ccccc1. The van der Waals surface area contributed by atoms with Crippen molar-refractivity contribution in [2.75, 3.05) is 13.7 Å². The second-order valence-electron chi connectivity index (χ2n) is 9.93. The summed E-state index contributed by atoms with van der Waals surface area (Å²) >= 11 is 0. The Morgan fingerprint density at radius 1 is 0.769 bits per heavy atom. The predicted octanol–water partition coefficient (Wildman–Crippen LogP) is 5.07. The zero-order valence-electron chi connectivity index (χ0n) is 22.4. The average Bonchev–Trinajstić information content (AvgIpc) is 3.70. The Labute approximate surface area is 229 Å². The predicted molar refractivity (Wildman–Crippen MR) is 144 cm³/mol. The molecule has 0 aromatic heterocycles. The lowest BCUT2D eigenvalue weighted by atomic mass is 9.94. The van der Waals surface area contributed by atoms with E-state index in [9.17, 15) is 4.79 Å². The summed E-state index contributed by atoms with van der Waals surface area (Å²) in [6.07, 6.45) is -2.07. The van der Waals surface area contributed by atoms with E-state index >= 15 is 0 Å². The van der Waals surface area contributed by atoms with Crippen molar-refractivity contribution < 1.29 is 33.2 Å². The van der Waals surface area contributed by atoms with Crippen LogP contribution in [-0.4, -0.2) is 49.9 Å². The third-order valence-electron chi connectivity index (χ3n) is 7.31. The summed E-state index contributed by atoms with van der Waals surface area (Å²) in [4.78, 5) is 12.9. The van der Waals surface area contributed by atoms with Crippen LogP contribution in [0.4, 0.5) is 0 Å². The molecule has 2 fully saturated rings. The van der Waals surface area contributed by atoms with Crippen LogP contribution in [0.2, 0.25) is 0 Å². The first-order valence-electron chi connectivity index (χ1n) is 13.5. The Hall–Kier alpha value is -3.07. The maximum atomic E-state index is 12.9. The van der Waals surface area contributed by atoms with Crippen LogP contribution in [0.25, 0.3) is 0 Å². The van der Waals surface area contributed by atoms with Crippen molar-refractivity contribution in [3.05, 3.63) is 108 Å². The highest BCUT2D eigenvalue weighted by Gasteiger charge is 2.72. The van der Waals surface area contributed by atoms with Crippen molar-refractivity contribution in [2.24, 2.45) is 5.92 Å². The molecule has 39 heavy (non-hydrogen) atoms. The largest absolute Gasteiger partial charge is 0.466 e. The number of esters is 1. The second-order valence-corrected chi connectivity index (χ2v) is 9.93. The minimum Gasteiger partial charge on any atom is -0.466 e. The molecular weight excluding hydrogens is 496 g/mol. The van der Waals surface area contributed by atoms with Gasteiger partial charge in [0.2, 0.25) is 0 Å². The minimum atomic E-state index is -0.935. The van der Waals surface area contributed by atoms with Crippen LogP contribution in [0, 0.1) is 5.92 Å². The summed E-state index contributed by atoms with van der Waals surface area (Å²) in [6.45, 7) is 3.12. The van der Waals surface area contributed by atoms with Crippen LogP contribution < -0.4 is 0 Å². The highest BCUT2D eigenvalue weighted by Crippen LogP contribution is 2.56. The second kappa shape index (κ2) is 12.9. The number of carbonyl (C=O) groups excluding carboxylic acids is 1. The number of hydrogen-bond donors (Lipinski definition) is 0. The van der Waals surface area contributed by atoms with Crippen molar-refractivity contribution in [3.8, 4) is 0 Å². The fourth-order valence-electron chi connectivity index (χ4n) is 5.25. The fraction of sp³-hybridized carbons (Fsp3) is 0.406. The van der Waals surface area contributed by atoms with Gasteiger partial charge in [0, 0.05) is 7.11 Å². The van der Waals surface area contributed by atoms with Crippen molar-refractivity contribution >= 4 is 5.97 Å². The molecule has 7 heteroatoms. The zero-order valence-corrected chi connectivity index (χ0v) is 22.4. The normalized spacial score (nSPS) is 27.8. The summed E-state index contributed by atoms with van der Waals surface area (Å²) in [5.74, 6) is -0.778. The number of methoxy groups -OCH3 is 1. The Bertz CT molecular complexity index is 1170. The Kier molecular flexibility index (Phi) is 9.06. The van der Waals surface area contributed by atoms with Gasteiger partial charge in [-0.2, -0.15) is 0 Å². The highest BCUT2D eigenvalue weighted by molar-refractivity contribution is 5.78. The molecule has 3 aromatic carbocycles. The molecule has 7 nitrogen and oxygen atoms in total. The summed E-state index contributed by atoms with van der Waals surface area (Å²) < 4.78 is 37.4. The van der Waals surface area contributed by atoms with Crippen LogP contribution in [0.15, 0.2) is 91.0 Å². The molecule has 1 spiro atoms. The maximum absolute atomic E-state index is 12.9. The number of rotatable bonds is 12. The smallest absolute Gasteiger partial charge is 0.312 e. The third kappa shape index (κ3) is 6.40. The van der Waals surface area contributed by atoms with Crippen LogP contribution in [0.1, 0.15) is 30.0 Å². The van der Waals surface area contributed by atoms with Crippen LogP contribution in [0.5, 0.6) is 0 Å². The molecule has 206 valence electrons. The monoisotopic (exact) mass is 532 g/mol. The van der Waals surface area contributed by atoms with Gasteiger partial charge in [0.25, 0.3) is 0 Å². The van der Waals surface area contributed by atoms with Crippen molar-refractivity contribution in [1.29, 1.82) is 0 Å². The van der Waals surface area contributed by atoms with Crippen molar-refractivity contribution in [1.82, 2.24) is 0 Å². The van der Waals surface area contributed by atoms with Gasteiger partial charge in [0.15, 0.2) is 6.29 Å². The molecule has 5 rings (SSSR count). The first-order valence-corrected chi connectivity index (χ1v) is 13.5. The molecule has 0 radical (unpaired) electrons. The molecule has 3 aromatic rings. The lowest BCUT2D eigenvalue weighted by Crippen LogP contribution is -2.62. The molecule has 6 atom stereocenters. The van der Waals surface area contributed by atoms with E-state index in [1.54, 1.807) is 14.0 Å². The van der Waals surface area contributed by atoms with E-state index in [2.05, 4.69) is 0 Å². The number of benzene rings is 3. The third-order valence-corrected chi connectivity index (χ3v) is 7.31. The standard InChI is InChI=1S/C32H36O7/c1-3-35-30(33)26-19-32(26)29(38-22-25-17-11-6-12-18-25)27(36-20-23-13-7-4-8-14-23)28(31(34-2)39-32)37-21-24-15-9-5-10-16-24/h4-18,26-29,31H,3,19-22H2,1-2H3/t26-,27+,28+,29-,31-,32+/m0/s1. The summed E-state index contributed by atoms with van der Waals surface area (Å²) in [7, 11) is 1.58. The Morgan fingerprint density at radius 3 is 1.74 bits per heavy atom. The number of carbonyl (C=O) groups is 1. The first-order chi connectivity index (χ1) is 19.1. The van der Waals surface area contributed by atoms with Crippen molar-refractivity contribution in [3.63, 3.8) is 0 Å². The van der Waals surface area contributed by atoms with E-state index in [1.165, 1.54) is 0 Å². The summed E-state index contributed by atoms with van der Waals surface area (Å²) in [6, 6.07) is 29.8. The summed E-state index contributed by atoms with van der Waals surface area (Å²) in [5, 5.41) is 0. The molecule has 0 amide bonds. The van der Waals surface area contributed by atoms with Crippen LogP contribution in [-0.2, 0) is 53.0 Å². The van der Waals surface area contributed by atoms with Crippen LogP contribution in [0.3, 0.4) is 0 Å². The molecule has 1 saturated carbocycles. The van der Waals surface area contributed by atoms with Gasteiger partial charge in [0.1, 0.15) is 23.9 Å². The molecule has 0 N–H and O–H groups in total. The van der Waals surface area contributed by atoms with Gasteiger partial charge in [-0.25, -0.2) is 0 Å². The van der Waals surface area contributed by atoms with E-state index in [1.807, 2.05) is 91.0 Å². The lowest BCUT2D eigenvalue weighted by Gasteiger charge is -2.46. The van der Waals surface area contributed by atoms with Crippen LogP contribution >= 0.6 is 0 Å². The first kappa shape index (κ1) is 27.5. The lowest BCUT2D eigenvalue weighted by molar-refractivity contribution is -0.329. The molecule has 2 aliphatic rings. The van der Waals surface area contributed by atoms with E-state index in [4.69, 9.17) is 28.4 Å².